The maximum Gasteiger partial charge on any atom is 0.237 e. The molecular weight excluding hydrogens is 298 g/mol. The molecule has 1 saturated heterocycles. The highest BCUT2D eigenvalue weighted by Gasteiger charge is 2.23. The van der Waals surface area contributed by atoms with E-state index in [0.717, 1.165) is 29.5 Å². The predicted octanol–water partition coefficient (Wildman–Crippen LogP) is 1.70. The summed E-state index contributed by atoms with van der Waals surface area (Å²) in [5, 5.41) is 5.74. The SMILES string of the molecule is C[C@@H](C(=O)NCc1csc(-c2cnccn2)n1)N1CCCC1. The van der Waals surface area contributed by atoms with Crippen LogP contribution >= 0.6 is 11.3 Å². The molecule has 1 aliphatic rings. The average Bonchev–Trinajstić information content (AvgIpc) is 3.24. The minimum absolute atomic E-state index is 0.0657. The molecule has 0 saturated carbocycles. The second kappa shape index (κ2) is 6.93. The molecule has 1 amide bonds. The van der Waals surface area contributed by atoms with Crippen LogP contribution in [0.2, 0.25) is 0 Å². The van der Waals surface area contributed by atoms with Gasteiger partial charge in [-0.3, -0.25) is 19.7 Å². The smallest absolute Gasteiger partial charge is 0.237 e. The maximum atomic E-state index is 12.2. The van der Waals surface area contributed by atoms with Gasteiger partial charge in [0.05, 0.1) is 24.5 Å². The van der Waals surface area contributed by atoms with Crippen molar-refractivity contribution in [2.24, 2.45) is 0 Å². The monoisotopic (exact) mass is 317 g/mol. The molecule has 22 heavy (non-hydrogen) atoms. The van der Waals surface area contributed by atoms with Gasteiger partial charge in [-0.2, -0.15) is 0 Å². The van der Waals surface area contributed by atoms with Gasteiger partial charge in [-0.15, -0.1) is 11.3 Å². The van der Waals surface area contributed by atoms with Crippen molar-refractivity contribution in [3.63, 3.8) is 0 Å². The van der Waals surface area contributed by atoms with E-state index >= 15 is 0 Å². The summed E-state index contributed by atoms with van der Waals surface area (Å²) >= 11 is 1.51. The minimum Gasteiger partial charge on any atom is -0.349 e. The summed E-state index contributed by atoms with van der Waals surface area (Å²) in [7, 11) is 0. The Kier molecular flexibility index (Phi) is 4.74. The maximum absolute atomic E-state index is 12.2. The topological polar surface area (TPSA) is 71.0 Å². The number of carbonyl (C=O) groups is 1. The van der Waals surface area contributed by atoms with Gasteiger partial charge in [-0.05, 0) is 32.9 Å². The van der Waals surface area contributed by atoms with Gasteiger partial charge in [0, 0.05) is 17.8 Å². The molecule has 1 N–H and O–H groups in total. The zero-order valence-corrected chi connectivity index (χ0v) is 13.3. The number of aromatic nitrogens is 3. The van der Waals surface area contributed by atoms with Gasteiger partial charge < -0.3 is 5.32 Å². The van der Waals surface area contributed by atoms with Crippen molar-refractivity contribution in [3.8, 4) is 10.7 Å². The fourth-order valence-electron chi connectivity index (χ4n) is 2.54. The van der Waals surface area contributed by atoms with Crippen molar-refractivity contribution in [2.75, 3.05) is 13.1 Å². The summed E-state index contributed by atoms with van der Waals surface area (Å²) in [6.07, 6.45) is 7.35. The molecule has 6 nitrogen and oxygen atoms in total. The number of nitrogens with one attached hydrogen (secondary N) is 1. The van der Waals surface area contributed by atoms with Crippen LogP contribution in [0.4, 0.5) is 0 Å². The first kappa shape index (κ1) is 15.1. The largest absolute Gasteiger partial charge is 0.349 e. The highest BCUT2D eigenvalue weighted by Crippen LogP contribution is 2.20. The summed E-state index contributed by atoms with van der Waals surface area (Å²) < 4.78 is 0. The van der Waals surface area contributed by atoms with Gasteiger partial charge in [0.25, 0.3) is 0 Å². The highest BCUT2D eigenvalue weighted by atomic mass is 32.1. The van der Waals surface area contributed by atoms with Crippen molar-refractivity contribution in [1.29, 1.82) is 0 Å². The first-order valence-corrected chi connectivity index (χ1v) is 8.34. The summed E-state index contributed by atoms with van der Waals surface area (Å²) in [5.74, 6) is 0.0657. The van der Waals surface area contributed by atoms with Crippen LogP contribution in [0.1, 0.15) is 25.5 Å². The van der Waals surface area contributed by atoms with E-state index in [2.05, 4.69) is 25.2 Å². The quantitative estimate of drug-likeness (QED) is 0.909. The number of hydrogen-bond donors (Lipinski definition) is 1. The summed E-state index contributed by atoms with van der Waals surface area (Å²) in [6.45, 7) is 4.45. The Morgan fingerprint density at radius 3 is 2.95 bits per heavy atom. The molecule has 1 fully saturated rings. The van der Waals surface area contributed by atoms with E-state index in [9.17, 15) is 4.79 Å². The zero-order valence-electron chi connectivity index (χ0n) is 12.5. The number of amides is 1. The Morgan fingerprint density at radius 1 is 1.41 bits per heavy atom. The van der Waals surface area contributed by atoms with Crippen LogP contribution in [0.25, 0.3) is 10.7 Å². The van der Waals surface area contributed by atoms with Crippen molar-refractivity contribution in [2.45, 2.75) is 32.4 Å². The molecular formula is C15H19N5OS. The molecule has 1 atom stereocenters. The number of rotatable bonds is 5. The third-order valence-corrected chi connectivity index (χ3v) is 4.76. The molecule has 0 unspecified atom stereocenters. The zero-order chi connectivity index (χ0) is 15.4. The molecule has 1 aliphatic heterocycles. The molecule has 0 aromatic carbocycles. The predicted molar refractivity (Wildman–Crippen MR) is 85.3 cm³/mol. The van der Waals surface area contributed by atoms with Gasteiger partial charge in [-0.25, -0.2) is 4.98 Å². The van der Waals surface area contributed by atoms with Crippen LogP contribution in [0, 0.1) is 0 Å². The van der Waals surface area contributed by atoms with Gasteiger partial charge >= 0.3 is 0 Å². The Hall–Kier alpha value is -1.86. The van der Waals surface area contributed by atoms with E-state index in [1.54, 1.807) is 18.6 Å². The van der Waals surface area contributed by atoms with Crippen LogP contribution in [-0.4, -0.2) is 44.9 Å². The highest BCUT2D eigenvalue weighted by molar-refractivity contribution is 7.13. The fraction of sp³-hybridized carbons (Fsp3) is 0.467. The van der Waals surface area contributed by atoms with Crippen molar-refractivity contribution < 1.29 is 4.79 Å². The first-order valence-electron chi connectivity index (χ1n) is 7.46. The van der Waals surface area contributed by atoms with E-state index in [0.29, 0.717) is 6.54 Å². The second-order valence-corrected chi connectivity index (χ2v) is 6.23. The lowest BCUT2D eigenvalue weighted by Crippen LogP contribution is -2.43. The Morgan fingerprint density at radius 2 is 2.23 bits per heavy atom. The van der Waals surface area contributed by atoms with E-state index in [1.165, 1.54) is 24.2 Å². The van der Waals surface area contributed by atoms with Crippen molar-refractivity contribution >= 4 is 17.2 Å². The summed E-state index contributed by atoms with van der Waals surface area (Å²) in [6, 6.07) is -0.0689. The van der Waals surface area contributed by atoms with Crippen molar-refractivity contribution in [3.05, 3.63) is 29.7 Å². The van der Waals surface area contributed by atoms with Crippen LogP contribution in [0.5, 0.6) is 0 Å². The Labute approximate surface area is 133 Å². The lowest BCUT2D eigenvalue weighted by molar-refractivity contribution is -0.125. The van der Waals surface area contributed by atoms with E-state index < -0.39 is 0 Å². The standard InChI is InChI=1S/C15H19N5OS/c1-11(20-6-2-3-7-20)14(21)18-8-12-10-22-15(19-12)13-9-16-4-5-17-13/h4-5,9-11H,2-3,6-8H2,1H3,(H,18,21)/t11-/m0/s1. The Balaban J connectivity index is 1.55. The molecule has 2 aromatic rings. The fourth-order valence-corrected chi connectivity index (χ4v) is 3.32. The normalized spacial score (nSPS) is 16.6. The molecule has 2 aromatic heterocycles. The molecule has 3 heterocycles. The average molecular weight is 317 g/mol. The number of nitrogens with zero attached hydrogens (tertiary/aromatic N) is 4. The third kappa shape index (κ3) is 3.48. The van der Waals surface area contributed by atoms with Crippen LogP contribution < -0.4 is 5.32 Å². The molecule has 116 valence electrons. The number of thiazole rings is 1. The van der Waals surface area contributed by atoms with Crippen LogP contribution in [0.15, 0.2) is 24.0 Å². The molecule has 3 rings (SSSR count). The van der Waals surface area contributed by atoms with E-state index in [4.69, 9.17) is 0 Å². The van der Waals surface area contributed by atoms with Crippen molar-refractivity contribution in [1.82, 2.24) is 25.2 Å². The summed E-state index contributed by atoms with van der Waals surface area (Å²) in [5.41, 5.74) is 1.61. The number of carbonyl (C=O) groups excluding carboxylic acids is 1. The minimum atomic E-state index is -0.0689. The molecule has 0 aliphatic carbocycles. The molecule has 7 heteroatoms. The van der Waals surface area contributed by atoms with Gasteiger partial charge in [0.2, 0.25) is 5.91 Å². The van der Waals surface area contributed by atoms with E-state index in [-0.39, 0.29) is 11.9 Å². The van der Waals surface area contributed by atoms with Crippen LogP contribution in [-0.2, 0) is 11.3 Å². The van der Waals surface area contributed by atoms with Gasteiger partial charge in [0.1, 0.15) is 10.7 Å². The number of hydrogen-bond acceptors (Lipinski definition) is 6. The molecule has 0 spiro atoms. The van der Waals surface area contributed by atoms with Crippen LogP contribution in [0.3, 0.4) is 0 Å². The Bertz CT molecular complexity index is 624. The first-order chi connectivity index (χ1) is 10.7. The third-order valence-electron chi connectivity index (χ3n) is 3.85. The molecule has 0 bridgehead atoms. The van der Waals surface area contributed by atoms with Gasteiger partial charge in [-0.1, -0.05) is 0 Å². The molecule has 0 radical (unpaired) electrons. The van der Waals surface area contributed by atoms with E-state index in [1.807, 2.05) is 12.3 Å². The summed E-state index contributed by atoms with van der Waals surface area (Å²) in [4.78, 5) is 27.2. The lowest BCUT2D eigenvalue weighted by atomic mass is 10.2. The number of likely N-dealkylation sites (tertiary alicyclic amines) is 1. The lowest BCUT2D eigenvalue weighted by Gasteiger charge is -2.22. The second-order valence-electron chi connectivity index (χ2n) is 5.37. The van der Waals surface area contributed by atoms with Gasteiger partial charge in [0.15, 0.2) is 0 Å².